The van der Waals surface area contributed by atoms with Gasteiger partial charge in [-0.2, -0.15) is 0 Å². The molecule has 0 saturated carbocycles. The van der Waals surface area contributed by atoms with Crippen LogP contribution >= 0.6 is 0 Å². The third-order valence-electron chi connectivity index (χ3n) is 4.74. The topological polar surface area (TPSA) is 97.8 Å². The summed E-state index contributed by atoms with van der Waals surface area (Å²) in [4.78, 5) is 27.1. The maximum Gasteiger partial charge on any atom is 0.277 e. The molecule has 1 N–H and O–H groups in total. The molecule has 154 valence electrons. The van der Waals surface area contributed by atoms with Crippen molar-refractivity contribution in [2.75, 3.05) is 23.4 Å². The maximum atomic E-state index is 12.9. The molecule has 1 aromatic carbocycles. The Bertz CT molecular complexity index is 1100. The third kappa shape index (κ3) is 3.59. The second-order valence-electron chi connectivity index (χ2n) is 7.57. The van der Waals surface area contributed by atoms with Crippen molar-refractivity contribution in [2.45, 2.75) is 13.8 Å². The number of ether oxygens (including phenoxy) is 1. The van der Waals surface area contributed by atoms with Crippen molar-refractivity contribution >= 4 is 23.2 Å². The predicted molar refractivity (Wildman–Crippen MR) is 110 cm³/mol. The second-order valence-corrected chi connectivity index (χ2v) is 7.57. The highest BCUT2D eigenvalue weighted by molar-refractivity contribution is 6.04. The molecule has 30 heavy (non-hydrogen) atoms. The molecule has 4 rings (SSSR count). The lowest BCUT2D eigenvalue weighted by molar-refractivity contribution is -0.127. The van der Waals surface area contributed by atoms with Gasteiger partial charge in [-0.1, -0.05) is 11.2 Å². The summed E-state index contributed by atoms with van der Waals surface area (Å²) in [5.41, 5.74) is 0.563. The molecule has 8 heteroatoms. The number of aromatic nitrogens is 1. The van der Waals surface area contributed by atoms with Gasteiger partial charge in [0.1, 0.15) is 12.4 Å². The first-order chi connectivity index (χ1) is 14.4. The van der Waals surface area contributed by atoms with Gasteiger partial charge in [0.2, 0.25) is 11.7 Å². The van der Waals surface area contributed by atoms with Crippen molar-refractivity contribution in [3.63, 3.8) is 0 Å². The van der Waals surface area contributed by atoms with Gasteiger partial charge in [0.15, 0.2) is 11.5 Å². The number of hydrogen-bond acceptors (Lipinski definition) is 6. The van der Waals surface area contributed by atoms with Gasteiger partial charge in [-0.05, 0) is 38.1 Å². The number of carbonyl (C=O) groups excluding carboxylic acids is 2. The second kappa shape index (κ2) is 7.55. The highest BCUT2D eigenvalue weighted by Gasteiger charge is 2.37. The summed E-state index contributed by atoms with van der Waals surface area (Å²) in [7, 11) is 0. The number of rotatable bonds is 5. The van der Waals surface area contributed by atoms with Gasteiger partial charge >= 0.3 is 0 Å². The summed E-state index contributed by atoms with van der Waals surface area (Å²) in [6, 6.07) is 10.1. The Labute approximate surface area is 173 Å². The summed E-state index contributed by atoms with van der Waals surface area (Å²) in [6.07, 6.45) is 3.18. The van der Waals surface area contributed by atoms with E-state index in [9.17, 15) is 9.59 Å². The molecular formula is C22H21N3O5. The number of nitrogens with zero attached hydrogens (tertiary/aromatic N) is 2. The van der Waals surface area contributed by atoms with Gasteiger partial charge in [-0.25, -0.2) is 0 Å². The van der Waals surface area contributed by atoms with Crippen LogP contribution < -0.4 is 15.0 Å². The minimum Gasteiger partial charge on any atom is -0.490 e. The normalized spacial score (nSPS) is 15.1. The van der Waals surface area contributed by atoms with Crippen molar-refractivity contribution in [3.8, 4) is 17.3 Å². The summed E-state index contributed by atoms with van der Waals surface area (Å²) in [5, 5.41) is 6.56. The molecular weight excluding hydrogens is 386 g/mol. The molecule has 0 radical (unpaired) electrons. The first kappa shape index (κ1) is 19.5. The van der Waals surface area contributed by atoms with Crippen LogP contribution in [0.1, 0.15) is 24.3 Å². The third-order valence-corrected chi connectivity index (χ3v) is 4.74. The summed E-state index contributed by atoms with van der Waals surface area (Å²) in [6.45, 7) is 7.99. The Morgan fingerprint density at radius 3 is 2.87 bits per heavy atom. The minimum absolute atomic E-state index is 0.0500. The van der Waals surface area contributed by atoms with Crippen molar-refractivity contribution in [1.82, 2.24) is 5.16 Å². The van der Waals surface area contributed by atoms with Gasteiger partial charge in [0.25, 0.3) is 5.91 Å². The van der Waals surface area contributed by atoms with Gasteiger partial charge in [0.05, 0.1) is 17.4 Å². The van der Waals surface area contributed by atoms with Crippen LogP contribution in [0, 0.1) is 5.41 Å². The molecule has 0 aliphatic carbocycles. The van der Waals surface area contributed by atoms with Crippen LogP contribution in [0.4, 0.5) is 11.4 Å². The number of carbonyl (C=O) groups is 2. The van der Waals surface area contributed by atoms with Crippen LogP contribution in [0.2, 0.25) is 0 Å². The van der Waals surface area contributed by atoms with Crippen LogP contribution in [0.3, 0.4) is 0 Å². The van der Waals surface area contributed by atoms with E-state index in [1.54, 1.807) is 41.3 Å². The fraction of sp³-hybridized carbons (Fsp3) is 0.227. The molecule has 3 heterocycles. The zero-order valence-corrected chi connectivity index (χ0v) is 16.7. The predicted octanol–water partition coefficient (Wildman–Crippen LogP) is 4.12. The van der Waals surface area contributed by atoms with Crippen molar-refractivity contribution < 1.29 is 23.3 Å². The van der Waals surface area contributed by atoms with Crippen LogP contribution in [0.25, 0.3) is 11.5 Å². The fourth-order valence-electron chi connectivity index (χ4n) is 3.15. The van der Waals surface area contributed by atoms with E-state index in [4.69, 9.17) is 13.7 Å². The number of hydrogen-bond donors (Lipinski definition) is 1. The standard InChI is InChI=1S/C22H21N3O5/c1-4-9-25-16-8-7-14(11-18(16)29-13-22(2,3)21(25)27)23-20(26)15-12-19(30-24-15)17-6-5-10-28-17/h4-8,10-12H,1,9,13H2,2-3H3,(H,23,26). The molecule has 0 bridgehead atoms. The van der Waals surface area contributed by atoms with Gasteiger partial charge in [-0.3, -0.25) is 9.59 Å². The first-order valence-electron chi connectivity index (χ1n) is 9.41. The van der Waals surface area contributed by atoms with E-state index in [2.05, 4.69) is 17.1 Å². The number of furan rings is 1. The lowest BCUT2D eigenvalue weighted by Crippen LogP contribution is -2.42. The van der Waals surface area contributed by atoms with E-state index >= 15 is 0 Å². The summed E-state index contributed by atoms with van der Waals surface area (Å²) < 4.78 is 16.3. The van der Waals surface area contributed by atoms with E-state index in [-0.39, 0.29) is 18.2 Å². The van der Waals surface area contributed by atoms with Crippen molar-refractivity contribution in [1.29, 1.82) is 0 Å². The zero-order valence-electron chi connectivity index (χ0n) is 16.7. The molecule has 0 saturated heterocycles. The first-order valence-corrected chi connectivity index (χ1v) is 9.41. The highest BCUT2D eigenvalue weighted by Crippen LogP contribution is 2.38. The van der Waals surface area contributed by atoms with Gasteiger partial charge in [-0.15, -0.1) is 6.58 Å². The SMILES string of the molecule is C=CCN1C(=O)C(C)(C)COc2cc(NC(=O)c3cc(-c4ccco4)on3)ccc21. The van der Waals surface area contributed by atoms with Gasteiger partial charge in [0, 0.05) is 24.4 Å². The number of amides is 2. The quantitative estimate of drug-likeness (QED) is 0.639. The molecule has 0 unspecified atom stereocenters. The van der Waals surface area contributed by atoms with Crippen molar-refractivity contribution in [2.24, 2.45) is 5.41 Å². The molecule has 1 aliphatic rings. The van der Waals surface area contributed by atoms with Crippen molar-refractivity contribution in [3.05, 3.63) is 61.0 Å². The fourth-order valence-corrected chi connectivity index (χ4v) is 3.15. The average molecular weight is 407 g/mol. The molecule has 2 amide bonds. The zero-order chi connectivity index (χ0) is 21.3. The Kier molecular flexibility index (Phi) is 4.91. The number of fused-ring (bicyclic) bond motifs is 1. The molecule has 0 fully saturated rings. The molecule has 1 aliphatic heterocycles. The summed E-state index contributed by atoms with van der Waals surface area (Å²) in [5.74, 6) is 0.853. The van der Waals surface area contributed by atoms with E-state index in [0.29, 0.717) is 35.2 Å². The minimum atomic E-state index is -0.686. The Hall–Kier alpha value is -3.81. The largest absolute Gasteiger partial charge is 0.490 e. The molecule has 0 spiro atoms. The summed E-state index contributed by atoms with van der Waals surface area (Å²) >= 11 is 0. The smallest absolute Gasteiger partial charge is 0.277 e. The van der Waals surface area contributed by atoms with E-state index < -0.39 is 11.3 Å². The monoisotopic (exact) mass is 407 g/mol. The molecule has 8 nitrogen and oxygen atoms in total. The molecule has 2 aromatic heterocycles. The lowest BCUT2D eigenvalue weighted by atomic mass is 9.93. The average Bonchev–Trinajstić information content (AvgIpc) is 3.40. The lowest BCUT2D eigenvalue weighted by Gasteiger charge is -2.27. The Morgan fingerprint density at radius 1 is 1.30 bits per heavy atom. The van der Waals surface area contributed by atoms with Crippen LogP contribution in [0.5, 0.6) is 5.75 Å². The van der Waals surface area contributed by atoms with Crippen LogP contribution in [-0.4, -0.2) is 30.1 Å². The van der Waals surface area contributed by atoms with E-state index in [1.165, 1.54) is 12.3 Å². The van der Waals surface area contributed by atoms with Crippen LogP contribution in [-0.2, 0) is 4.79 Å². The van der Waals surface area contributed by atoms with Crippen LogP contribution in [0.15, 0.2) is 64.3 Å². The number of anilines is 2. The Balaban J connectivity index is 1.57. The molecule has 3 aromatic rings. The van der Waals surface area contributed by atoms with Gasteiger partial charge < -0.3 is 23.9 Å². The molecule has 0 atom stereocenters. The van der Waals surface area contributed by atoms with E-state index in [1.807, 2.05) is 13.8 Å². The Morgan fingerprint density at radius 2 is 2.13 bits per heavy atom. The number of benzene rings is 1. The number of nitrogens with one attached hydrogen (secondary N) is 1. The highest BCUT2D eigenvalue weighted by atomic mass is 16.5. The van der Waals surface area contributed by atoms with E-state index in [0.717, 1.165) is 0 Å². The maximum absolute atomic E-state index is 12.9.